The predicted octanol–water partition coefficient (Wildman–Crippen LogP) is 6.92. The lowest BCUT2D eigenvalue weighted by atomic mass is 9.77. The van der Waals surface area contributed by atoms with Gasteiger partial charge in [-0.15, -0.1) is 0 Å². The third-order valence-corrected chi connectivity index (χ3v) is 6.74. The first kappa shape index (κ1) is 23.3. The van der Waals surface area contributed by atoms with Gasteiger partial charge in [-0.2, -0.15) is 8.78 Å². The fraction of sp³-hybridized carbons (Fsp3) is 0.760. The molecule has 1 heterocycles. The van der Waals surface area contributed by atoms with Crippen molar-refractivity contribution < 1.29 is 23.0 Å². The van der Waals surface area contributed by atoms with E-state index in [9.17, 15) is 8.78 Å². The Balaban J connectivity index is 1.40. The summed E-state index contributed by atoms with van der Waals surface area (Å²) in [6, 6.07) is 2.92. The smallest absolute Gasteiger partial charge is 0.204 e. The van der Waals surface area contributed by atoms with E-state index in [2.05, 4.69) is 6.92 Å². The number of halogens is 2. The fourth-order valence-corrected chi connectivity index (χ4v) is 4.80. The molecule has 0 radical (unpaired) electrons. The summed E-state index contributed by atoms with van der Waals surface area (Å²) in [7, 11) is 0. The van der Waals surface area contributed by atoms with E-state index in [-0.39, 0.29) is 11.5 Å². The van der Waals surface area contributed by atoms with Crippen LogP contribution in [0.3, 0.4) is 0 Å². The molecular weight excluding hydrogens is 386 g/mol. The maximum absolute atomic E-state index is 14.3. The highest BCUT2D eigenvalue weighted by molar-refractivity contribution is 5.35. The van der Waals surface area contributed by atoms with Crippen LogP contribution in [0.2, 0.25) is 0 Å². The van der Waals surface area contributed by atoms with Gasteiger partial charge in [0.25, 0.3) is 0 Å². The summed E-state index contributed by atoms with van der Waals surface area (Å²) >= 11 is 0. The van der Waals surface area contributed by atoms with Gasteiger partial charge in [0, 0.05) is 6.61 Å². The third kappa shape index (κ3) is 6.32. The van der Waals surface area contributed by atoms with E-state index < -0.39 is 11.6 Å². The van der Waals surface area contributed by atoms with Crippen molar-refractivity contribution in [2.24, 2.45) is 17.8 Å². The van der Waals surface area contributed by atoms with Gasteiger partial charge in [0.05, 0.1) is 19.3 Å². The Bertz CT molecular complexity index is 636. The summed E-state index contributed by atoms with van der Waals surface area (Å²) in [5, 5.41) is 0. The highest BCUT2D eigenvalue weighted by Gasteiger charge is 2.32. The zero-order chi connectivity index (χ0) is 21.3. The molecule has 1 saturated heterocycles. The summed E-state index contributed by atoms with van der Waals surface area (Å²) < 4.78 is 45.5. The average Bonchev–Trinajstić information content (AvgIpc) is 2.79. The van der Waals surface area contributed by atoms with Crippen molar-refractivity contribution in [2.75, 3.05) is 19.8 Å². The minimum atomic E-state index is -0.962. The van der Waals surface area contributed by atoms with Crippen molar-refractivity contribution in [3.05, 3.63) is 23.8 Å². The molecule has 3 nitrogen and oxygen atoms in total. The van der Waals surface area contributed by atoms with Gasteiger partial charge in [0.15, 0.2) is 11.5 Å². The van der Waals surface area contributed by atoms with E-state index in [1.54, 1.807) is 0 Å². The summed E-state index contributed by atoms with van der Waals surface area (Å²) in [6.07, 6.45) is 11.9. The maximum atomic E-state index is 14.3. The van der Waals surface area contributed by atoms with Gasteiger partial charge in [-0.25, -0.2) is 0 Å². The summed E-state index contributed by atoms with van der Waals surface area (Å²) in [4.78, 5) is 0. The molecule has 5 heteroatoms. The molecule has 1 aromatic carbocycles. The molecule has 0 N–H and O–H groups in total. The second-order valence-electron chi connectivity index (χ2n) is 9.09. The molecule has 2 unspecified atom stereocenters. The Kier molecular flexibility index (Phi) is 9.23. The van der Waals surface area contributed by atoms with E-state index in [1.807, 2.05) is 6.92 Å². The number of hydrogen-bond acceptors (Lipinski definition) is 3. The predicted molar refractivity (Wildman–Crippen MR) is 115 cm³/mol. The summed E-state index contributed by atoms with van der Waals surface area (Å²) in [5.74, 6) is -0.209. The monoisotopic (exact) mass is 424 g/mol. The van der Waals surface area contributed by atoms with Crippen LogP contribution >= 0.6 is 0 Å². The Morgan fingerprint density at radius 2 is 1.53 bits per heavy atom. The van der Waals surface area contributed by atoms with Crippen LogP contribution in [0.5, 0.6) is 11.5 Å². The first-order chi connectivity index (χ1) is 14.6. The lowest BCUT2D eigenvalue weighted by molar-refractivity contribution is -0.0607. The molecule has 170 valence electrons. The molecule has 1 aliphatic carbocycles. The summed E-state index contributed by atoms with van der Waals surface area (Å²) in [5.41, 5.74) is 0. The minimum Gasteiger partial charge on any atom is -0.490 e. The quantitative estimate of drug-likeness (QED) is 0.408. The Morgan fingerprint density at radius 1 is 0.867 bits per heavy atom. The van der Waals surface area contributed by atoms with Gasteiger partial charge >= 0.3 is 0 Å². The molecule has 2 fully saturated rings. The van der Waals surface area contributed by atoms with Crippen LogP contribution in [0, 0.1) is 29.4 Å². The van der Waals surface area contributed by atoms with E-state index in [0.717, 1.165) is 44.6 Å². The van der Waals surface area contributed by atoms with Gasteiger partial charge in [0.2, 0.25) is 11.6 Å². The SMILES string of the molecule is CCCCC1CCC(C2CCC(COc3ccc(OCCC)c(F)c3F)CC2)OC1. The zero-order valence-corrected chi connectivity index (χ0v) is 18.6. The van der Waals surface area contributed by atoms with Gasteiger partial charge in [-0.1, -0.05) is 26.7 Å². The van der Waals surface area contributed by atoms with Crippen LogP contribution in [0.4, 0.5) is 8.78 Å². The second-order valence-corrected chi connectivity index (χ2v) is 9.09. The number of rotatable bonds is 10. The molecule has 3 rings (SSSR count). The topological polar surface area (TPSA) is 27.7 Å². The van der Waals surface area contributed by atoms with Crippen molar-refractivity contribution >= 4 is 0 Å². The van der Waals surface area contributed by atoms with Crippen LogP contribution in [-0.2, 0) is 4.74 Å². The first-order valence-electron chi connectivity index (χ1n) is 12.0. The Labute approximate surface area is 180 Å². The Morgan fingerprint density at radius 3 is 2.13 bits per heavy atom. The largest absolute Gasteiger partial charge is 0.490 e. The van der Waals surface area contributed by atoms with Crippen molar-refractivity contribution in [1.82, 2.24) is 0 Å². The average molecular weight is 425 g/mol. The van der Waals surface area contributed by atoms with Crippen LogP contribution in [0.25, 0.3) is 0 Å². The van der Waals surface area contributed by atoms with Gasteiger partial charge in [-0.05, 0) is 81.3 Å². The highest BCUT2D eigenvalue weighted by Crippen LogP contribution is 2.37. The van der Waals surface area contributed by atoms with Crippen molar-refractivity contribution in [2.45, 2.75) is 84.2 Å². The van der Waals surface area contributed by atoms with E-state index in [1.165, 1.54) is 44.2 Å². The molecule has 1 aliphatic heterocycles. The normalized spacial score (nSPS) is 27.1. The molecule has 0 bridgehead atoms. The highest BCUT2D eigenvalue weighted by atomic mass is 19.2. The molecule has 30 heavy (non-hydrogen) atoms. The van der Waals surface area contributed by atoms with Gasteiger partial charge in [0.1, 0.15) is 0 Å². The lowest BCUT2D eigenvalue weighted by Crippen LogP contribution is -2.34. The number of hydrogen-bond donors (Lipinski definition) is 0. The van der Waals surface area contributed by atoms with Crippen LogP contribution < -0.4 is 9.47 Å². The van der Waals surface area contributed by atoms with Crippen LogP contribution in [0.1, 0.15) is 78.1 Å². The Hall–Kier alpha value is -1.36. The summed E-state index contributed by atoms with van der Waals surface area (Å²) in [6.45, 7) is 5.89. The van der Waals surface area contributed by atoms with E-state index in [4.69, 9.17) is 14.2 Å². The van der Waals surface area contributed by atoms with Gasteiger partial charge < -0.3 is 14.2 Å². The number of unbranched alkanes of at least 4 members (excludes halogenated alkanes) is 1. The third-order valence-electron chi connectivity index (χ3n) is 6.74. The van der Waals surface area contributed by atoms with Crippen LogP contribution in [0.15, 0.2) is 12.1 Å². The van der Waals surface area contributed by atoms with E-state index in [0.29, 0.717) is 31.2 Å². The first-order valence-corrected chi connectivity index (χ1v) is 12.0. The fourth-order valence-electron chi connectivity index (χ4n) is 4.80. The molecule has 0 spiro atoms. The van der Waals surface area contributed by atoms with Crippen molar-refractivity contribution in [3.63, 3.8) is 0 Å². The number of benzene rings is 1. The van der Waals surface area contributed by atoms with Crippen LogP contribution in [-0.4, -0.2) is 25.9 Å². The lowest BCUT2D eigenvalue weighted by Gasteiger charge is -2.37. The second kappa shape index (κ2) is 11.9. The number of ether oxygens (including phenoxy) is 3. The maximum Gasteiger partial charge on any atom is 0.204 e. The van der Waals surface area contributed by atoms with Crippen molar-refractivity contribution in [1.29, 1.82) is 0 Å². The molecule has 1 saturated carbocycles. The minimum absolute atomic E-state index is 0.0211. The van der Waals surface area contributed by atoms with Gasteiger partial charge in [-0.3, -0.25) is 0 Å². The molecule has 0 amide bonds. The molecule has 0 aromatic heterocycles. The zero-order valence-electron chi connectivity index (χ0n) is 18.6. The standard InChI is InChI=1S/C25H38F2O3/c1-3-5-6-18-9-12-21(29-16-18)20-10-7-19(8-11-20)17-30-23-14-13-22(28-15-4-2)24(26)25(23)27/h13-14,18-21H,3-12,15-17H2,1-2H3. The molecular formula is C25H38F2O3. The molecule has 1 aromatic rings. The molecule has 2 atom stereocenters. The van der Waals surface area contributed by atoms with E-state index >= 15 is 0 Å². The molecule has 2 aliphatic rings. The van der Waals surface area contributed by atoms with Crippen molar-refractivity contribution in [3.8, 4) is 11.5 Å².